The van der Waals surface area contributed by atoms with E-state index in [-0.39, 0.29) is 44.5 Å². The molecule has 0 aromatic heterocycles. The van der Waals surface area contributed by atoms with Crippen LogP contribution in [0.5, 0.6) is 0 Å². The summed E-state index contributed by atoms with van der Waals surface area (Å²) in [4.78, 5) is 23.0. The molecule has 0 aliphatic heterocycles. The number of fused-ring (bicyclic) bond motifs is 6. The predicted octanol–water partition coefficient (Wildman–Crippen LogP) is 10.8. The molecule has 0 fully saturated rings. The third kappa shape index (κ3) is 4.72. The van der Waals surface area contributed by atoms with Gasteiger partial charge in [0, 0.05) is 33.4 Å². The lowest BCUT2D eigenvalue weighted by atomic mass is 9.96. The molecule has 0 unspecified atom stereocenters. The molecule has 242 valence electrons. The standard InChI is InChI=1S/C36H16F10O2/c37-33(38)27-13-21(17-1-5-19(6-2-17)31(47)35(41,42)43)9-11-23(27)25-15-30-26(16-29(25)33)24-12-10-22(14-28(24)34(30,39)40)18-3-7-20(8-4-18)32(48)36(44,45)46/h1-16H. The fourth-order valence-electron chi connectivity index (χ4n) is 6.25. The zero-order valence-electron chi connectivity index (χ0n) is 23.8. The summed E-state index contributed by atoms with van der Waals surface area (Å²) in [6.45, 7) is 0. The first kappa shape index (κ1) is 31.3. The van der Waals surface area contributed by atoms with Crippen molar-refractivity contribution in [2.45, 2.75) is 24.2 Å². The van der Waals surface area contributed by atoms with Crippen molar-refractivity contribution in [2.75, 3.05) is 0 Å². The van der Waals surface area contributed by atoms with Crippen LogP contribution in [0.1, 0.15) is 43.0 Å². The van der Waals surface area contributed by atoms with Gasteiger partial charge in [-0.15, -0.1) is 0 Å². The van der Waals surface area contributed by atoms with Crippen molar-refractivity contribution in [1.29, 1.82) is 0 Å². The van der Waals surface area contributed by atoms with Crippen LogP contribution >= 0.6 is 0 Å². The van der Waals surface area contributed by atoms with Crippen LogP contribution in [0.2, 0.25) is 0 Å². The van der Waals surface area contributed by atoms with Gasteiger partial charge in [0.25, 0.3) is 23.4 Å². The van der Waals surface area contributed by atoms with E-state index < -0.39 is 69.1 Å². The molecule has 0 radical (unpaired) electrons. The normalized spacial score (nSPS) is 15.4. The molecule has 12 heteroatoms. The zero-order chi connectivity index (χ0) is 34.6. The maximum Gasteiger partial charge on any atom is 0.454 e. The molecule has 2 nitrogen and oxygen atoms in total. The van der Waals surface area contributed by atoms with Crippen molar-refractivity contribution in [1.82, 2.24) is 0 Å². The monoisotopic (exact) mass is 670 g/mol. The van der Waals surface area contributed by atoms with E-state index in [4.69, 9.17) is 0 Å². The molecule has 0 spiro atoms. The number of Topliss-reactive ketones (excluding diaryl/α,β-unsaturated/α-hetero) is 2. The highest BCUT2D eigenvalue weighted by Gasteiger charge is 2.50. The summed E-state index contributed by atoms with van der Waals surface area (Å²) in [5, 5.41) is 0. The van der Waals surface area contributed by atoms with Gasteiger partial charge in [0.05, 0.1) is 0 Å². The maximum atomic E-state index is 16.0. The highest BCUT2D eigenvalue weighted by atomic mass is 19.4. The average Bonchev–Trinajstić information content (AvgIpc) is 3.41. The van der Waals surface area contributed by atoms with E-state index in [2.05, 4.69) is 0 Å². The predicted molar refractivity (Wildman–Crippen MR) is 155 cm³/mol. The molecule has 0 heterocycles. The van der Waals surface area contributed by atoms with E-state index in [0.717, 1.165) is 48.5 Å². The number of rotatable bonds is 4. The molecule has 2 aliphatic rings. The molecule has 0 N–H and O–H groups in total. The largest absolute Gasteiger partial charge is 0.454 e. The fraction of sp³-hybridized carbons (Fsp3) is 0.111. The van der Waals surface area contributed by atoms with Gasteiger partial charge in [-0.1, -0.05) is 72.8 Å². The first-order chi connectivity index (χ1) is 22.4. The Balaban J connectivity index is 1.24. The van der Waals surface area contributed by atoms with Crippen molar-refractivity contribution in [3.05, 3.63) is 130 Å². The number of hydrogen-bond acceptors (Lipinski definition) is 2. The molecule has 0 saturated heterocycles. The lowest BCUT2D eigenvalue weighted by Crippen LogP contribution is -2.22. The third-order valence-electron chi connectivity index (χ3n) is 8.61. The quantitative estimate of drug-likeness (QED) is 0.141. The second kappa shape index (κ2) is 10.1. The summed E-state index contributed by atoms with van der Waals surface area (Å²) < 4.78 is 140. The smallest absolute Gasteiger partial charge is 0.284 e. The molecule has 0 atom stereocenters. The van der Waals surface area contributed by atoms with Crippen LogP contribution < -0.4 is 0 Å². The molecule has 0 saturated carbocycles. The molecule has 2 aliphatic carbocycles. The van der Waals surface area contributed by atoms with Crippen LogP contribution in [0.4, 0.5) is 43.9 Å². The lowest BCUT2D eigenvalue weighted by Gasteiger charge is -2.15. The van der Waals surface area contributed by atoms with Gasteiger partial charge >= 0.3 is 12.4 Å². The Hall–Kier alpha value is -5.26. The first-order valence-electron chi connectivity index (χ1n) is 14.1. The van der Waals surface area contributed by atoms with Crippen molar-refractivity contribution in [2.24, 2.45) is 0 Å². The second-order valence-electron chi connectivity index (χ2n) is 11.4. The van der Waals surface area contributed by atoms with Gasteiger partial charge in [-0.3, -0.25) is 9.59 Å². The summed E-state index contributed by atoms with van der Waals surface area (Å²) in [6, 6.07) is 18.3. The molecule has 0 bridgehead atoms. The minimum atomic E-state index is -5.08. The second-order valence-corrected chi connectivity index (χ2v) is 11.4. The van der Waals surface area contributed by atoms with Gasteiger partial charge in [0.2, 0.25) is 0 Å². The highest BCUT2D eigenvalue weighted by molar-refractivity contribution is 6.01. The number of halogens is 10. The van der Waals surface area contributed by atoms with Gasteiger partial charge in [-0.05, 0) is 68.8 Å². The number of ketones is 2. The van der Waals surface area contributed by atoms with E-state index in [1.165, 1.54) is 48.5 Å². The van der Waals surface area contributed by atoms with E-state index in [9.17, 15) is 35.9 Å². The molecular weight excluding hydrogens is 654 g/mol. The van der Waals surface area contributed by atoms with Crippen LogP contribution in [-0.4, -0.2) is 23.9 Å². The van der Waals surface area contributed by atoms with Crippen LogP contribution in [-0.2, 0) is 11.8 Å². The maximum absolute atomic E-state index is 16.0. The summed E-state index contributed by atoms with van der Waals surface area (Å²) in [7, 11) is 0. The van der Waals surface area contributed by atoms with Gasteiger partial charge < -0.3 is 0 Å². The number of alkyl halides is 10. The molecule has 5 aromatic carbocycles. The molecular formula is C36H16F10O2. The topological polar surface area (TPSA) is 34.1 Å². The SMILES string of the molecule is O=C(c1ccc(-c2ccc3c(c2)C(F)(F)c2cc4c(cc2-3)C(F)(F)c2cc(-c3ccc(C(=O)C(F)(F)F)cc3)ccc2-4)cc1)C(F)(F)F. The molecule has 0 amide bonds. The Morgan fingerprint density at radius 2 is 0.688 bits per heavy atom. The summed E-state index contributed by atoms with van der Waals surface area (Å²) in [6.07, 6.45) is -10.2. The van der Waals surface area contributed by atoms with E-state index in [1.54, 1.807) is 0 Å². The number of carbonyl (C=O) groups is 2. The van der Waals surface area contributed by atoms with Crippen molar-refractivity contribution in [3.63, 3.8) is 0 Å². The summed E-state index contributed by atoms with van der Waals surface area (Å²) in [5.41, 5.74) is -2.59. The Morgan fingerprint density at radius 3 is 1.00 bits per heavy atom. The van der Waals surface area contributed by atoms with E-state index >= 15 is 17.6 Å². The third-order valence-corrected chi connectivity index (χ3v) is 8.61. The van der Waals surface area contributed by atoms with Gasteiger partial charge in [0.15, 0.2) is 0 Å². The van der Waals surface area contributed by atoms with Crippen molar-refractivity contribution < 1.29 is 53.5 Å². The lowest BCUT2D eigenvalue weighted by molar-refractivity contribution is -0.0888. The summed E-state index contributed by atoms with van der Waals surface area (Å²) in [5.74, 6) is -11.4. The van der Waals surface area contributed by atoms with Crippen molar-refractivity contribution in [3.8, 4) is 44.5 Å². The van der Waals surface area contributed by atoms with Crippen molar-refractivity contribution >= 4 is 11.6 Å². The van der Waals surface area contributed by atoms with E-state index in [0.29, 0.717) is 0 Å². The zero-order valence-corrected chi connectivity index (χ0v) is 23.8. The van der Waals surface area contributed by atoms with Crippen LogP contribution in [0.3, 0.4) is 0 Å². The molecule has 5 aromatic rings. The minimum absolute atomic E-state index is 0.00800. The van der Waals surface area contributed by atoms with Crippen LogP contribution in [0.25, 0.3) is 44.5 Å². The fourth-order valence-corrected chi connectivity index (χ4v) is 6.25. The first-order valence-corrected chi connectivity index (χ1v) is 14.1. The van der Waals surface area contributed by atoms with Crippen LogP contribution in [0.15, 0.2) is 97.1 Å². The minimum Gasteiger partial charge on any atom is -0.284 e. The number of carbonyl (C=O) groups excluding carboxylic acids is 2. The summed E-state index contributed by atoms with van der Waals surface area (Å²) >= 11 is 0. The average molecular weight is 671 g/mol. The number of hydrogen-bond donors (Lipinski definition) is 0. The van der Waals surface area contributed by atoms with Gasteiger partial charge in [-0.2, -0.15) is 43.9 Å². The van der Waals surface area contributed by atoms with Gasteiger partial charge in [-0.25, -0.2) is 0 Å². The highest BCUT2D eigenvalue weighted by Crippen LogP contribution is 2.58. The Labute approximate surface area is 264 Å². The Kier molecular flexibility index (Phi) is 6.61. The molecule has 7 rings (SSSR count). The molecule has 48 heavy (non-hydrogen) atoms. The Morgan fingerprint density at radius 1 is 0.396 bits per heavy atom. The number of benzene rings is 5. The van der Waals surface area contributed by atoms with E-state index in [1.807, 2.05) is 0 Å². The Bertz CT molecular complexity index is 2020. The van der Waals surface area contributed by atoms with Gasteiger partial charge in [0.1, 0.15) is 0 Å². The van der Waals surface area contributed by atoms with Crippen LogP contribution in [0, 0.1) is 0 Å².